The van der Waals surface area contributed by atoms with Gasteiger partial charge in [0.15, 0.2) is 27.2 Å². The summed E-state index contributed by atoms with van der Waals surface area (Å²) in [6.45, 7) is 3.34. The summed E-state index contributed by atoms with van der Waals surface area (Å²) in [4.78, 5) is 20.9. The molecule has 2 aliphatic rings. The summed E-state index contributed by atoms with van der Waals surface area (Å²) in [5.74, 6) is -1.73. The van der Waals surface area contributed by atoms with Crippen LogP contribution in [0.4, 0.5) is 20.5 Å². The van der Waals surface area contributed by atoms with Crippen LogP contribution in [0.5, 0.6) is 11.6 Å². The van der Waals surface area contributed by atoms with Gasteiger partial charge < -0.3 is 14.5 Å². The van der Waals surface area contributed by atoms with Crippen molar-refractivity contribution in [2.75, 3.05) is 29.1 Å². The fourth-order valence-electron chi connectivity index (χ4n) is 4.84. The van der Waals surface area contributed by atoms with Crippen molar-refractivity contribution in [1.82, 2.24) is 19.9 Å². The van der Waals surface area contributed by atoms with Gasteiger partial charge in [0.2, 0.25) is 11.8 Å². The first-order valence-corrected chi connectivity index (χ1v) is 13.7. The summed E-state index contributed by atoms with van der Waals surface area (Å²) in [5, 5.41) is 0. The molecule has 9 nitrogen and oxygen atoms in total. The van der Waals surface area contributed by atoms with Gasteiger partial charge in [-0.2, -0.15) is 9.37 Å². The molecule has 4 heterocycles. The molecule has 0 radical (unpaired) electrons. The van der Waals surface area contributed by atoms with Gasteiger partial charge in [-0.25, -0.2) is 27.8 Å². The largest absolute Gasteiger partial charge is 0.433 e. The Kier molecular flexibility index (Phi) is 6.45. The molecule has 2 fully saturated rings. The van der Waals surface area contributed by atoms with Gasteiger partial charge >= 0.3 is 0 Å². The number of anilines is 2. The topological polar surface area (TPSA) is 101 Å². The quantitative estimate of drug-likeness (QED) is 0.467. The molecule has 2 aliphatic heterocycles. The molecule has 0 saturated carbocycles. The van der Waals surface area contributed by atoms with Gasteiger partial charge in [-0.05, 0) is 43.0 Å². The molecule has 2 unspecified atom stereocenters. The van der Waals surface area contributed by atoms with Crippen LogP contribution in [0.2, 0.25) is 0 Å². The Morgan fingerprint density at radius 3 is 2.36 bits per heavy atom. The van der Waals surface area contributed by atoms with Crippen LogP contribution < -0.4 is 14.5 Å². The highest BCUT2D eigenvalue weighted by atomic mass is 32.2. The van der Waals surface area contributed by atoms with Crippen molar-refractivity contribution in [1.29, 1.82) is 0 Å². The first kappa shape index (κ1) is 24.3. The van der Waals surface area contributed by atoms with Crippen molar-refractivity contribution in [3.8, 4) is 11.6 Å². The molecule has 0 aliphatic carbocycles. The van der Waals surface area contributed by atoms with Crippen molar-refractivity contribution in [2.45, 2.75) is 49.6 Å². The molecule has 0 N–H and O–H groups in total. The summed E-state index contributed by atoms with van der Waals surface area (Å²) < 4.78 is 58.7. The summed E-state index contributed by atoms with van der Waals surface area (Å²) in [6.07, 6.45) is 9.54. The Bertz CT molecular complexity index is 1360. The number of aromatic nitrogens is 4. The smallest absolute Gasteiger partial charge is 0.261 e. The van der Waals surface area contributed by atoms with E-state index in [4.69, 9.17) is 4.74 Å². The third kappa shape index (κ3) is 4.69. The van der Waals surface area contributed by atoms with Crippen LogP contribution in [-0.4, -0.2) is 59.8 Å². The van der Waals surface area contributed by atoms with Crippen LogP contribution in [-0.2, 0) is 16.3 Å². The van der Waals surface area contributed by atoms with E-state index in [1.807, 2.05) is 17.3 Å². The molecule has 2 aromatic heterocycles. The van der Waals surface area contributed by atoms with E-state index in [0.717, 1.165) is 49.6 Å². The second-order valence-electron chi connectivity index (χ2n) is 9.12. The highest BCUT2D eigenvalue weighted by Gasteiger charge is 2.43. The van der Waals surface area contributed by atoms with Crippen LogP contribution >= 0.6 is 0 Å². The van der Waals surface area contributed by atoms with Gasteiger partial charge in [0.25, 0.3) is 5.88 Å². The van der Waals surface area contributed by atoms with Gasteiger partial charge in [-0.15, -0.1) is 0 Å². The molecule has 5 rings (SSSR count). The zero-order valence-corrected chi connectivity index (χ0v) is 20.8. The monoisotopic (exact) mass is 516 g/mol. The first-order valence-electron chi connectivity index (χ1n) is 11.8. The fourth-order valence-corrected chi connectivity index (χ4v) is 5.47. The fraction of sp³-hybridized carbons (Fsp3) is 0.417. The van der Waals surface area contributed by atoms with E-state index in [2.05, 4.69) is 31.8 Å². The lowest BCUT2D eigenvalue weighted by Crippen LogP contribution is -2.55. The Hall–Kier alpha value is -3.41. The molecule has 1 aromatic carbocycles. The number of aryl methyl sites for hydroxylation is 1. The molecule has 0 amide bonds. The van der Waals surface area contributed by atoms with Crippen molar-refractivity contribution in [2.24, 2.45) is 0 Å². The Balaban J connectivity index is 1.35. The maximum atomic E-state index is 15.5. The minimum Gasteiger partial charge on any atom is -0.433 e. The second kappa shape index (κ2) is 9.57. The average Bonchev–Trinajstić information content (AvgIpc) is 3.10. The van der Waals surface area contributed by atoms with E-state index in [1.54, 1.807) is 0 Å². The van der Waals surface area contributed by atoms with Crippen LogP contribution in [0.3, 0.4) is 0 Å². The van der Waals surface area contributed by atoms with Gasteiger partial charge in [0.1, 0.15) is 6.33 Å². The summed E-state index contributed by atoms with van der Waals surface area (Å²) in [6, 6.07) is 3.16. The maximum absolute atomic E-state index is 15.5. The third-order valence-corrected chi connectivity index (χ3v) is 7.63. The summed E-state index contributed by atoms with van der Waals surface area (Å²) >= 11 is 0. The number of hydrogen-bond donors (Lipinski definition) is 0. The van der Waals surface area contributed by atoms with E-state index >= 15 is 4.39 Å². The van der Waals surface area contributed by atoms with Crippen LogP contribution in [0.25, 0.3) is 0 Å². The highest BCUT2D eigenvalue weighted by molar-refractivity contribution is 7.90. The van der Waals surface area contributed by atoms with E-state index < -0.39 is 27.4 Å². The Morgan fingerprint density at radius 2 is 1.75 bits per heavy atom. The molecule has 2 saturated heterocycles. The molecule has 0 spiro atoms. The lowest BCUT2D eigenvalue weighted by molar-refractivity contribution is 0.392. The molecule has 12 heteroatoms. The second-order valence-corrected chi connectivity index (χ2v) is 11.1. The maximum Gasteiger partial charge on any atom is 0.261 e. The first-order chi connectivity index (χ1) is 17.2. The number of sulfone groups is 1. The average molecular weight is 517 g/mol. The third-order valence-electron chi connectivity index (χ3n) is 6.52. The number of fused-ring (bicyclic) bond motifs is 2. The summed E-state index contributed by atoms with van der Waals surface area (Å²) in [7, 11) is -3.59. The number of nitrogens with zero attached hydrogens (tertiary/aromatic N) is 6. The van der Waals surface area contributed by atoms with Crippen molar-refractivity contribution in [3.63, 3.8) is 0 Å². The lowest BCUT2D eigenvalue weighted by Gasteiger charge is -2.41. The predicted octanol–water partition coefficient (Wildman–Crippen LogP) is 3.55. The number of ether oxygens (including phenoxy) is 1. The Morgan fingerprint density at radius 1 is 1.06 bits per heavy atom. The minimum absolute atomic E-state index is 0.00861. The van der Waals surface area contributed by atoms with Crippen molar-refractivity contribution < 1.29 is 21.9 Å². The van der Waals surface area contributed by atoms with Gasteiger partial charge in [0, 0.05) is 43.8 Å². The standard InChI is InChI=1S/C24H26F2N6O3S/c1-3-4-15-10-27-24(28-11-15)31-12-16-5-6-17(13-31)32(16)22-21(26)23(30-14-29-22)35-20-8-7-18(9-19(20)25)36(2,33)34/h7-11,14,16-17H,3-6,12-13H2,1-2H3. The normalized spacial score (nSPS) is 19.6. The molecule has 3 aromatic rings. The SMILES string of the molecule is CCCc1cnc(N2CC3CCC(C2)N3c2ncnc(Oc3ccc(S(C)(=O)=O)cc3F)c2F)nc1. The van der Waals surface area contributed by atoms with Gasteiger partial charge in [-0.1, -0.05) is 13.3 Å². The lowest BCUT2D eigenvalue weighted by atomic mass is 10.2. The molecular weight excluding hydrogens is 490 g/mol. The highest BCUT2D eigenvalue weighted by Crippen LogP contribution is 2.38. The number of rotatable bonds is 7. The van der Waals surface area contributed by atoms with E-state index in [-0.39, 0.29) is 28.5 Å². The van der Waals surface area contributed by atoms with Gasteiger partial charge in [-0.3, -0.25) is 0 Å². The zero-order valence-electron chi connectivity index (χ0n) is 19.9. The molecule has 36 heavy (non-hydrogen) atoms. The Labute approximate surface area is 208 Å². The number of piperazine rings is 1. The molecule has 190 valence electrons. The summed E-state index contributed by atoms with van der Waals surface area (Å²) in [5.41, 5.74) is 1.10. The van der Waals surface area contributed by atoms with Crippen molar-refractivity contribution in [3.05, 3.63) is 54.1 Å². The van der Waals surface area contributed by atoms with E-state index in [1.165, 1.54) is 12.4 Å². The van der Waals surface area contributed by atoms with Crippen LogP contribution in [0.1, 0.15) is 31.7 Å². The van der Waals surface area contributed by atoms with Crippen LogP contribution in [0, 0.1) is 11.6 Å². The number of benzene rings is 1. The molecule has 2 atom stereocenters. The predicted molar refractivity (Wildman–Crippen MR) is 129 cm³/mol. The molecule has 2 bridgehead atoms. The van der Waals surface area contributed by atoms with Crippen molar-refractivity contribution >= 4 is 21.6 Å². The zero-order chi connectivity index (χ0) is 25.4. The number of hydrogen-bond acceptors (Lipinski definition) is 9. The van der Waals surface area contributed by atoms with Crippen LogP contribution in [0.15, 0.2) is 41.8 Å². The number of halogens is 2. The van der Waals surface area contributed by atoms with Gasteiger partial charge in [0.05, 0.1) is 4.90 Å². The molecular formula is C24H26F2N6O3S. The van der Waals surface area contributed by atoms with E-state index in [9.17, 15) is 12.8 Å². The van der Waals surface area contributed by atoms with E-state index in [0.29, 0.717) is 19.0 Å². The minimum atomic E-state index is -3.59.